The summed E-state index contributed by atoms with van der Waals surface area (Å²) >= 11 is 1.77. The third-order valence-corrected chi connectivity index (χ3v) is 4.49. The van der Waals surface area contributed by atoms with Gasteiger partial charge in [0.05, 0.1) is 11.2 Å². The Morgan fingerprint density at radius 2 is 2.14 bits per heavy atom. The molecule has 0 aliphatic carbocycles. The minimum Gasteiger partial charge on any atom is -0.460 e. The van der Waals surface area contributed by atoms with Crippen LogP contribution in [-0.2, 0) is 13.0 Å². The third kappa shape index (κ3) is 3.45. The molecule has 5 nitrogen and oxygen atoms in total. The monoisotopic (exact) mass is 316 g/mol. The van der Waals surface area contributed by atoms with Gasteiger partial charge in [-0.25, -0.2) is 4.98 Å². The molecule has 0 unspecified atom stereocenters. The number of aromatic amines is 1. The molecule has 3 aromatic heterocycles. The quantitative estimate of drug-likeness (QED) is 0.757. The van der Waals surface area contributed by atoms with Gasteiger partial charge >= 0.3 is 0 Å². The summed E-state index contributed by atoms with van der Waals surface area (Å²) < 4.78 is 5.68. The number of aromatic nitrogens is 3. The van der Waals surface area contributed by atoms with Gasteiger partial charge in [-0.3, -0.25) is 5.10 Å². The number of furan rings is 1. The van der Waals surface area contributed by atoms with E-state index in [1.54, 1.807) is 11.3 Å². The summed E-state index contributed by atoms with van der Waals surface area (Å²) in [5.41, 5.74) is 2.11. The average molecular weight is 316 g/mol. The van der Waals surface area contributed by atoms with Crippen molar-refractivity contribution in [3.63, 3.8) is 0 Å². The van der Waals surface area contributed by atoms with Crippen LogP contribution in [0.4, 0.5) is 0 Å². The topological polar surface area (TPSA) is 58.0 Å². The van der Waals surface area contributed by atoms with Crippen molar-refractivity contribution in [1.29, 1.82) is 0 Å². The number of aryl methyl sites for hydroxylation is 2. The summed E-state index contributed by atoms with van der Waals surface area (Å²) in [6.07, 6.45) is 4.78. The van der Waals surface area contributed by atoms with Crippen molar-refractivity contribution in [1.82, 2.24) is 20.1 Å². The number of thiazole rings is 1. The second kappa shape index (κ2) is 6.46. The molecule has 0 aliphatic rings. The smallest absolute Gasteiger partial charge is 0.152 e. The van der Waals surface area contributed by atoms with Crippen LogP contribution in [0.1, 0.15) is 21.2 Å². The number of hydrogen-bond acceptors (Lipinski definition) is 5. The largest absolute Gasteiger partial charge is 0.460 e. The summed E-state index contributed by atoms with van der Waals surface area (Å²) in [5.74, 6) is 1.75. The lowest BCUT2D eigenvalue weighted by Crippen LogP contribution is -2.20. The van der Waals surface area contributed by atoms with Crippen LogP contribution in [0, 0.1) is 13.8 Å². The highest BCUT2D eigenvalue weighted by Crippen LogP contribution is 2.24. The Labute approximate surface area is 134 Å². The molecule has 116 valence electrons. The van der Waals surface area contributed by atoms with Gasteiger partial charge in [-0.15, -0.1) is 11.3 Å². The Bertz CT molecular complexity index is 743. The number of rotatable bonds is 6. The molecule has 6 heteroatoms. The Morgan fingerprint density at radius 1 is 1.27 bits per heavy atom. The van der Waals surface area contributed by atoms with Crippen LogP contribution in [0.25, 0.3) is 11.5 Å². The molecule has 3 aromatic rings. The summed E-state index contributed by atoms with van der Waals surface area (Å²) in [6.45, 7) is 5.83. The molecule has 0 aliphatic heterocycles. The molecule has 3 rings (SSSR count). The van der Waals surface area contributed by atoms with Gasteiger partial charge in [0.1, 0.15) is 11.5 Å². The summed E-state index contributed by atoms with van der Waals surface area (Å²) in [7, 11) is 2.12. The normalized spacial score (nSPS) is 11.5. The summed E-state index contributed by atoms with van der Waals surface area (Å²) in [4.78, 5) is 7.96. The van der Waals surface area contributed by atoms with Gasteiger partial charge in [0, 0.05) is 36.1 Å². The van der Waals surface area contributed by atoms with Crippen LogP contribution in [0.5, 0.6) is 0 Å². The Kier molecular flexibility index (Phi) is 4.40. The third-order valence-electron chi connectivity index (χ3n) is 3.52. The SMILES string of the molecule is Cc1ccc(-c2[nH]ncc2CN(C)CCc2ncc(C)s2)o1. The standard InChI is InChI=1S/C16H20N4OS/c1-11-4-5-14(21-11)16-13(9-18-19-16)10-20(3)7-6-15-17-8-12(2)22-15/h4-5,8-9H,6-7,10H2,1-3H3,(H,18,19). The van der Waals surface area contributed by atoms with E-state index in [0.29, 0.717) is 0 Å². The van der Waals surface area contributed by atoms with Gasteiger partial charge in [0.2, 0.25) is 0 Å². The first-order chi connectivity index (χ1) is 10.6. The van der Waals surface area contributed by atoms with Crippen molar-refractivity contribution >= 4 is 11.3 Å². The highest BCUT2D eigenvalue weighted by Gasteiger charge is 2.13. The molecule has 0 aromatic carbocycles. The predicted octanol–water partition coefficient (Wildman–Crippen LogP) is 3.42. The molecule has 0 saturated carbocycles. The minimum absolute atomic E-state index is 0.829. The number of H-pyrrole nitrogens is 1. The second-order valence-electron chi connectivity index (χ2n) is 5.53. The lowest BCUT2D eigenvalue weighted by Gasteiger charge is -2.15. The fourth-order valence-corrected chi connectivity index (χ4v) is 3.16. The first-order valence-corrected chi connectivity index (χ1v) is 8.12. The van der Waals surface area contributed by atoms with E-state index in [-0.39, 0.29) is 0 Å². The lowest BCUT2D eigenvalue weighted by molar-refractivity contribution is 0.331. The first kappa shape index (κ1) is 15.0. The van der Waals surface area contributed by atoms with Gasteiger partial charge in [-0.1, -0.05) is 0 Å². The van der Waals surface area contributed by atoms with Crippen LogP contribution in [0.15, 0.2) is 28.9 Å². The maximum absolute atomic E-state index is 5.68. The van der Waals surface area contributed by atoms with E-state index >= 15 is 0 Å². The molecular formula is C16H20N4OS. The van der Waals surface area contributed by atoms with Crippen molar-refractivity contribution in [2.45, 2.75) is 26.8 Å². The van der Waals surface area contributed by atoms with Crippen molar-refractivity contribution in [3.05, 3.63) is 45.7 Å². The molecule has 0 spiro atoms. The Hall–Kier alpha value is -1.92. The van der Waals surface area contributed by atoms with Crippen LogP contribution in [-0.4, -0.2) is 33.7 Å². The molecule has 3 heterocycles. The number of nitrogens with one attached hydrogen (secondary N) is 1. The van der Waals surface area contributed by atoms with Crippen molar-refractivity contribution in [2.24, 2.45) is 0 Å². The summed E-state index contributed by atoms with van der Waals surface area (Å²) in [6, 6.07) is 3.94. The van der Waals surface area contributed by atoms with Crippen LogP contribution < -0.4 is 0 Å². The van der Waals surface area contributed by atoms with Crippen molar-refractivity contribution in [2.75, 3.05) is 13.6 Å². The van der Waals surface area contributed by atoms with E-state index in [0.717, 1.165) is 42.3 Å². The summed E-state index contributed by atoms with van der Waals surface area (Å²) in [5, 5.41) is 8.39. The van der Waals surface area contributed by atoms with Crippen LogP contribution in [0.2, 0.25) is 0 Å². The van der Waals surface area contributed by atoms with E-state index in [2.05, 4.69) is 34.1 Å². The van der Waals surface area contributed by atoms with E-state index in [1.165, 1.54) is 9.88 Å². The highest BCUT2D eigenvalue weighted by atomic mass is 32.1. The second-order valence-corrected chi connectivity index (χ2v) is 6.85. The van der Waals surface area contributed by atoms with Gasteiger partial charge in [-0.2, -0.15) is 5.10 Å². The number of likely N-dealkylation sites (N-methyl/N-ethyl adjacent to an activating group) is 1. The fourth-order valence-electron chi connectivity index (χ4n) is 2.39. The molecule has 1 N–H and O–H groups in total. The van der Waals surface area contributed by atoms with E-state index in [9.17, 15) is 0 Å². The molecular weight excluding hydrogens is 296 g/mol. The Balaban J connectivity index is 1.62. The molecule has 0 saturated heterocycles. The highest BCUT2D eigenvalue weighted by molar-refractivity contribution is 7.11. The van der Waals surface area contributed by atoms with Crippen LogP contribution >= 0.6 is 11.3 Å². The zero-order valence-corrected chi connectivity index (χ0v) is 13.9. The Morgan fingerprint density at radius 3 is 2.82 bits per heavy atom. The van der Waals surface area contributed by atoms with Crippen molar-refractivity contribution < 1.29 is 4.42 Å². The molecule has 22 heavy (non-hydrogen) atoms. The van der Waals surface area contributed by atoms with E-state index in [4.69, 9.17) is 4.42 Å². The average Bonchev–Trinajstić information content (AvgIpc) is 3.18. The molecule has 0 bridgehead atoms. The minimum atomic E-state index is 0.829. The lowest BCUT2D eigenvalue weighted by atomic mass is 10.2. The molecule has 0 atom stereocenters. The molecule has 0 radical (unpaired) electrons. The van der Waals surface area contributed by atoms with E-state index < -0.39 is 0 Å². The van der Waals surface area contributed by atoms with Gasteiger partial charge in [0.25, 0.3) is 0 Å². The zero-order chi connectivity index (χ0) is 15.5. The maximum atomic E-state index is 5.68. The molecule has 0 amide bonds. The first-order valence-electron chi connectivity index (χ1n) is 7.30. The fraction of sp³-hybridized carbons (Fsp3) is 0.375. The number of nitrogens with zero attached hydrogens (tertiary/aromatic N) is 3. The molecule has 0 fully saturated rings. The van der Waals surface area contributed by atoms with Crippen LogP contribution in [0.3, 0.4) is 0 Å². The van der Waals surface area contributed by atoms with Gasteiger partial charge < -0.3 is 9.32 Å². The predicted molar refractivity (Wildman–Crippen MR) is 87.9 cm³/mol. The van der Waals surface area contributed by atoms with Gasteiger partial charge in [-0.05, 0) is 33.0 Å². The van der Waals surface area contributed by atoms with Crippen molar-refractivity contribution in [3.8, 4) is 11.5 Å². The van der Waals surface area contributed by atoms with Gasteiger partial charge in [0.15, 0.2) is 5.76 Å². The maximum Gasteiger partial charge on any atom is 0.152 e. The van der Waals surface area contributed by atoms with E-state index in [1.807, 2.05) is 31.5 Å². The zero-order valence-electron chi connectivity index (χ0n) is 13.1. The number of hydrogen-bond donors (Lipinski definition) is 1.